The average Bonchev–Trinajstić information content (AvgIpc) is 3.16. The van der Waals surface area contributed by atoms with Crippen LogP contribution >= 0.6 is 23.2 Å². The summed E-state index contributed by atoms with van der Waals surface area (Å²) in [6, 6.07) is 3.65. The number of likely N-dealkylation sites (tertiary alicyclic amines) is 1. The molecule has 3 rings (SSSR count). The number of hydrogen-bond acceptors (Lipinski definition) is 4. The minimum absolute atomic E-state index is 0.0355. The Hall–Kier alpha value is -1.31. The van der Waals surface area contributed by atoms with E-state index < -0.39 is 15.9 Å². The minimum Gasteiger partial charge on any atom is -0.351 e. The van der Waals surface area contributed by atoms with E-state index in [0.717, 1.165) is 0 Å². The van der Waals surface area contributed by atoms with Gasteiger partial charge in [-0.3, -0.25) is 9.59 Å². The number of hydrogen-bond donors (Lipinski definition) is 1. The van der Waals surface area contributed by atoms with Crippen LogP contribution in [0.3, 0.4) is 0 Å². The van der Waals surface area contributed by atoms with Gasteiger partial charge in [-0.25, -0.2) is 8.42 Å². The fraction of sp³-hybridized carbons (Fsp3) is 0.500. The molecule has 0 radical (unpaired) electrons. The van der Waals surface area contributed by atoms with Crippen LogP contribution in [0.15, 0.2) is 18.2 Å². The number of benzene rings is 1. The predicted molar refractivity (Wildman–Crippen MR) is 95.7 cm³/mol. The third kappa shape index (κ3) is 4.10. The lowest BCUT2D eigenvalue weighted by Gasteiger charge is -2.25. The van der Waals surface area contributed by atoms with Crippen LogP contribution < -0.4 is 5.32 Å². The van der Waals surface area contributed by atoms with E-state index in [0.29, 0.717) is 36.4 Å². The van der Waals surface area contributed by atoms with Crippen molar-refractivity contribution in [3.63, 3.8) is 0 Å². The van der Waals surface area contributed by atoms with Crippen molar-refractivity contribution in [2.45, 2.75) is 31.3 Å². The SMILES string of the molecule is O=C(NC1CCS(=O)(=O)C1)C1CCCN1C(=O)c1ccc(Cl)c(Cl)c1. The Morgan fingerprint density at radius 3 is 2.56 bits per heavy atom. The third-order valence-electron chi connectivity index (χ3n) is 4.56. The zero-order valence-electron chi connectivity index (χ0n) is 13.4. The van der Waals surface area contributed by atoms with E-state index in [1.54, 1.807) is 12.1 Å². The Labute approximate surface area is 156 Å². The standard InChI is InChI=1S/C16H18Cl2N2O4S/c17-12-4-3-10(8-13(12)18)16(22)20-6-1-2-14(20)15(21)19-11-5-7-25(23,24)9-11/h3-4,8,11,14H,1-2,5-7,9H2,(H,19,21). The Morgan fingerprint density at radius 1 is 1.16 bits per heavy atom. The molecule has 1 aromatic rings. The zero-order valence-corrected chi connectivity index (χ0v) is 15.7. The van der Waals surface area contributed by atoms with E-state index >= 15 is 0 Å². The molecule has 1 aromatic carbocycles. The summed E-state index contributed by atoms with van der Waals surface area (Å²) in [5, 5.41) is 3.41. The maximum Gasteiger partial charge on any atom is 0.254 e. The van der Waals surface area contributed by atoms with Crippen molar-refractivity contribution >= 4 is 44.9 Å². The van der Waals surface area contributed by atoms with Crippen molar-refractivity contribution in [2.24, 2.45) is 0 Å². The zero-order chi connectivity index (χ0) is 18.2. The van der Waals surface area contributed by atoms with Crippen LogP contribution in [0.5, 0.6) is 0 Å². The predicted octanol–water partition coefficient (Wildman–Crippen LogP) is 1.90. The van der Waals surface area contributed by atoms with Crippen LogP contribution in [-0.4, -0.2) is 55.3 Å². The van der Waals surface area contributed by atoms with Crippen molar-refractivity contribution in [1.29, 1.82) is 0 Å². The molecule has 2 unspecified atom stereocenters. The number of nitrogens with one attached hydrogen (secondary N) is 1. The molecule has 2 aliphatic rings. The second kappa shape index (κ2) is 7.13. The second-order valence-corrected chi connectivity index (χ2v) is 9.44. The van der Waals surface area contributed by atoms with Gasteiger partial charge in [0.1, 0.15) is 6.04 Å². The molecule has 0 saturated carbocycles. The normalized spacial score (nSPS) is 25.1. The third-order valence-corrected chi connectivity index (χ3v) is 7.07. The number of rotatable bonds is 3. The van der Waals surface area contributed by atoms with Gasteiger partial charge in [0.2, 0.25) is 5.91 Å². The van der Waals surface area contributed by atoms with Gasteiger partial charge in [-0.15, -0.1) is 0 Å². The summed E-state index contributed by atoms with van der Waals surface area (Å²) in [4.78, 5) is 26.8. The summed E-state index contributed by atoms with van der Waals surface area (Å²) in [6.45, 7) is 0.472. The maximum absolute atomic E-state index is 12.7. The molecule has 0 bridgehead atoms. The monoisotopic (exact) mass is 404 g/mol. The molecule has 0 spiro atoms. The Morgan fingerprint density at radius 2 is 1.92 bits per heavy atom. The number of halogens is 2. The molecular weight excluding hydrogens is 387 g/mol. The quantitative estimate of drug-likeness (QED) is 0.833. The number of carbonyl (C=O) groups excluding carboxylic acids is 2. The summed E-state index contributed by atoms with van der Waals surface area (Å²) in [5.74, 6) is -0.524. The molecule has 9 heteroatoms. The van der Waals surface area contributed by atoms with Crippen molar-refractivity contribution in [1.82, 2.24) is 10.2 Å². The number of sulfone groups is 1. The highest BCUT2D eigenvalue weighted by molar-refractivity contribution is 7.91. The summed E-state index contributed by atoms with van der Waals surface area (Å²) < 4.78 is 23.0. The molecule has 0 aromatic heterocycles. The van der Waals surface area contributed by atoms with Gasteiger partial charge in [-0.2, -0.15) is 0 Å². The van der Waals surface area contributed by atoms with Crippen LogP contribution in [0.25, 0.3) is 0 Å². The maximum atomic E-state index is 12.7. The average molecular weight is 405 g/mol. The van der Waals surface area contributed by atoms with Crippen molar-refractivity contribution < 1.29 is 18.0 Å². The molecule has 6 nitrogen and oxygen atoms in total. The van der Waals surface area contributed by atoms with Gasteiger partial charge in [0.25, 0.3) is 5.91 Å². The first kappa shape index (κ1) is 18.5. The van der Waals surface area contributed by atoms with Gasteiger partial charge in [0.15, 0.2) is 9.84 Å². The summed E-state index contributed by atoms with van der Waals surface area (Å²) in [6.07, 6.45) is 1.69. The van der Waals surface area contributed by atoms with Gasteiger partial charge in [0, 0.05) is 18.2 Å². The van der Waals surface area contributed by atoms with E-state index in [1.165, 1.54) is 11.0 Å². The topological polar surface area (TPSA) is 83.6 Å². The van der Waals surface area contributed by atoms with Gasteiger partial charge < -0.3 is 10.2 Å². The second-order valence-electron chi connectivity index (χ2n) is 6.39. The first-order chi connectivity index (χ1) is 11.8. The Kier molecular flexibility index (Phi) is 5.27. The van der Waals surface area contributed by atoms with E-state index in [4.69, 9.17) is 23.2 Å². The number of amides is 2. The van der Waals surface area contributed by atoms with Gasteiger partial charge in [0.05, 0.1) is 21.6 Å². The van der Waals surface area contributed by atoms with Crippen LogP contribution in [-0.2, 0) is 14.6 Å². The molecule has 2 fully saturated rings. The molecule has 1 N–H and O–H groups in total. The number of nitrogens with zero attached hydrogens (tertiary/aromatic N) is 1. The highest BCUT2D eigenvalue weighted by atomic mass is 35.5. The molecule has 2 amide bonds. The lowest BCUT2D eigenvalue weighted by molar-refractivity contribution is -0.125. The molecule has 0 aliphatic carbocycles. The van der Waals surface area contributed by atoms with Gasteiger partial charge in [-0.05, 0) is 37.5 Å². The van der Waals surface area contributed by atoms with Crippen molar-refractivity contribution in [3.05, 3.63) is 33.8 Å². The van der Waals surface area contributed by atoms with E-state index in [9.17, 15) is 18.0 Å². The first-order valence-corrected chi connectivity index (χ1v) is 10.6. The van der Waals surface area contributed by atoms with Crippen molar-refractivity contribution in [2.75, 3.05) is 18.1 Å². The largest absolute Gasteiger partial charge is 0.351 e. The molecule has 136 valence electrons. The summed E-state index contributed by atoms with van der Waals surface area (Å²) in [5.41, 5.74) is 0.373. The van der Waals surface area contributed by atoms with Crippen LogP contribution in [0, 0.1) is 0 Å². The van der Waals surface area contributed by atoms with E-state index in [2.05, 4.69) is 5.32 Å². The fourth-order valence-electron chi connectivity index (χ4n) is 3.28. The lowest BCUT2D eigenvalue weighted by atomic mass is 10.1. The highest BCUT2D eigenvalue weighted by Gasteiger charge is 2.37. The fourth-order valence-corrected chi connectivity index (χ4v) is 5.26. The molecule has 2 atom stereocenters. The van der Waals surface area contributed by atoms with E-state index in [-0.39, 0.29) is 34.4 Å². The Balaban J connectivity index is 1.70. The van der Waals surface area contributed by atoms with E-state index in [1.807, 2.05) is 0 Å². The first-order valence-electron chi connectivity index (χ1n) is 8.04. The van der Waals surface area contributed by atoms with Gasteiger partial charge in [-0.1, -0.05) is 23.2 Å². The molecular formula is C16H18Cl2N2O4S. The minimum atomic E-state index is -3.07. The lowest BCUT2D eigenvalue weighted by Crippen LogP contribution is -2.49. The molecule has 2 aliphatic heterocycles. The summed E-state index contributed by atoms with van der Waals surface area (Å²) in [7, 11) is -3.07. The van der Waals surface area contributed by atoms with Crippen LogP contribution in [0.2, 0.25) is 10.0 Å². The molecule has 25 heavy (non-hydrogen) atoms. The Bertz CT molecular complexity index is 812. The van der Waals surface area contributed by atoms with Gasteiger partial charge >= 0.3 is 0 Å². The molecule has 2 saturated heterocycles. The van der Waals surface area contributed by atoms with Crippen LogP contribution in [0.1, 0.15) is 29.6 Å². The number of carbonyl (C=O) groups is 2. The smallest absolute Gasteiger partial charge is 0.254 e. The highest BCUT2D eigenvalue weighted by Crippen LogP contribution is 2.26. The van der Waals surface area contributed by atoms with Crippen molar-refractivity contribution in [3.8, 4) is 0 Å². The molecule has 2 heterocycles. The summed E-state index contributed by atoms with van der Waals surface area (Å²) >= 11 is 11.8. The van der Waals surface area contributed by atoms with Crippen LogP contribution in [0.4, 0.5) is 0 Å².